The van der Waals surface area contributed by atoms with Crippen LogP contribution in [0.3, 0.4) is 0 Å². The number of furan rings is 1. The number of benzene rings is 2. The lowest BCUT2D eigenvalue weighted by Gasteiger charge is -2.10. The van der Waals surface area contributed by atoms with Crippen molar-refractivity contribution in [3.63, 3.8) is 0 Å². The first-order valence-electron chi connectivity index (χ1n) is 8.16. The van der Waals surface area contributed by atoms with Gasteiger partial charge in [0.25, 0.3) is 0 Å². The van der Waals surface area contributed by atoms with E-state index in [1.54, 1.807) is 14.0 Å². The fourth-order valence-electron chi connectivity index (χ4n) is 2.91. The molecule has 0 atom stereocenters. The molecule has 2 aromatic carbocycles. The van der Waals surface area contributed by atoms with Crippen LogP contribution in [0.5, 0.6) is 5.75 Å². The molecular weight excluding hydrogens is 316 g/mol. The molecule has 4 nitrogen and oxygen atoms in total. The Kier molecular flexibility index (Phi) is 4.89. The molecule has 0 fully saturated rings. The molecule has 0 spiro atoms. The SMILES string of the molecule is CCOC(=O)c1c(-c2ccccc2)oc(C)c1-c1ccccc1OC. The molecule has 3 rings (SSSR count). The Hall–Kier alpha value is -3.01. The standard InChI is InChI=1S/C21H20O4/c1-4-24-21(22)19-18(16-12-8-9-13-17(16)23-3)14(2)25-20(19)15-10-6-5-7-11-15/h5-13H,4H2,1-3H3. The molecule has 0 aliphatic rings. The summed E-state index contributed by atoms with van der Waals surface area (Å²) in [5.74, 6) is 1.43. The predicted octanol–water partition coefficient (Wildman–Crippen LogP) is 5.11. The zero-order chi connectivity index (χ0) is 17.8. The summed E-state index contributed by atoms with van der Waals surface area (Å²) in [5.41, 5.74) is 2.76. The Bertz CT molecular complexity index is 878. The molecule has 0 unspecified atom stereocenters. The van der Waals surface area contributed by atoms with Gasteiger partial charge in [0.2, 0.25) is 0 Å². The zero-order valence-corrected chi connectivity index (χ0v) is 14.5. The molecule has 0 saturated heterocycles. The molecule has 0 amide bonds. The lowest BCUT2D eigenvalue weighted by Crippen LogP contribution is -2.07. The van der Waals surface area contributed by atoms with Crippen LogP contribution in [0, 0.1) is 6.92 Å². The molecule has 25 heavy (non-hydrogen) atoms. The number of methoxy groups -OCH3 is 1. The number of carbonyl (C=O) groups excluding carboxylic acids is 1. The maximum absolute atomic E-state index is 12.7. The molecule has 4 heteroatoms. The van der Waals surface area contributed by atoms with Crippen LogP contribution in [0.4, 0.5) is 0 Å². The van der Waals surface area contributed by atoms with E-state index in [1.165, 1.54) is 0 Å². The number of rotatable bonds is 5. The van der Waals surface area contributed by atoms with E-state index in [4.69, 9.17) is 13.9 Å². The van der Waals surface area contributed by atoms with Crippen molar-refractivity contribution in [1.29, 1.82) is 0 Å². The van der Waals surface area contributed by atoms with Crippen molar-refractivity contribution in [1.82, 2.24) is 0 Å². The molecule has 1 heterocycles. The number of esters is 1. The van der Waals surface area contributed by atoms with Gasteiger partial charge in [0, 0.05) is 16.7 Å². The van der Waals surface area contributed by atoms with Crippen molar-refractivity contribution in [2.75, 3.05) is 13.7 Å². The second-order valence-electron chi connectivity index (χ2n) is 5.52. The van der Waals surface area contributed by atoms with Crippen molar-refractivity contribution < 1.29 is 18.7 Å². The van der Waals surface area contributed by atoms with Crippen LogP contribution in [-0.4, -0.2) is 19.7 Å². The summed E-state index contributed by atoms with van der Waals surface area (Å²) in [6.07, 6.45) is 0. The fourth-order valence-corrected chi connectivity index (χ4v) is 2.91. The Morgan fingerprint density at radius 1 is 1.04 bits per heavy atom. The zero-order valence-electron chi connectivity index (χ0n) is 14.5. The first-order valence-corrected chi connectivity index (χ1v) is 8.16. The first-order chi connectivity index (χ1) is 12.2. The topological polar surface area (TPSA) is 48.7 Å². The average Bonchev–Trinajstić information content (AvgIpc) is 2.99. The van der Waals surface area contributed by atoms with E-state index in [-0.39, 0.29) is 0 Å². The summed E-state index contributed by atoms with van der Waals surface area (Å²) in [6.45, 7) is 3.93. The van der Waals surface area contributed by atoms with Gasteiger partial charge in [-0.2, -0.15) is 0 Å². The third-order valence-corrected chi connectivity index (χ3v) is 3.98. The minimum atomic E-state index is -0.404. The Morgan fingerprint density at radius 3 is 2.40 bits per heavy atom. The van der Waals surface area contributed by atoms with Crippen LogP contribution >= 0.6 is 0 Å². The normalized spacial score (nSPS) is 10.5. The molecule has 1 aromatic heterocycles. The van der Waals surface area contributed by atoms with Gasteiger partial charge in [-0.05, 0) is 19.9 Å². The lowest BCUT2D eigenvalue weighted by atomic mass is 9.97. The molecule has 0 aliphatic carbocycles. The van der Waals surface area contributed by atoms with Gasteiger partial charge in [-0.1, -0.05) is 48.5 Å². The van der Waals surface area contributed by atoms with E-state index < -0.39 is 5.97 Å². The average molecular weight is 336 g/mol. The monoisotopic (exact) mass is 336 g/mol. The van der Waals surface area contributed by atoms with E-state index in [2.05, 4.69) is 0 Å². The fraction of sp³-hybridized carbons (Fsp3) is 0.190. The van der Waals surface area contributed by atoms with Crippen LogP contribution in [0.2, 0.25) is 0 Å². The summed E-state index contributed by atoms with van der Waals surface area (Å²) < 4.78 is 16.8. The van der Waals surface area contributed by atoms with Crippen molar-refractivity contribution in [2.24, 2.45) is 0 Å². The van der Waals surface area contributed by atoms with Crippen LogP contribution in [0.15, 0.2) is 59.0 Å². The van der Waals surface area contributed by atoms with Gasteiger partial charge in [-0.3, -0.25) is 0 Å². The third-order valence-electron chi connectivity index (χ3n) is 3.98. The van der Waals surface area contributed by atoms with Crippen LogP contribution in [0.25, 0.3) is 22.5 Å². The van der Waals surface area contributed by atoms with E-state index >= 15 is 0 Å². The smallest absolute Gasteiger partial charge is 0.342 e. The highest BCUT2D eigenvalue weighted by atomic mass is 16.5. The van der Waals surface area contributed by atoms with E-state index in [1.807, 2.05) is 61.5 Å². The van der Waals surface area contributed by atoms with Crippen LogP contribution in [-0.2, 0) is 4.74 Å². The largest absolute Gasteiger partial charge is 0.496 e. The summed E-state index contributed by atoms with van der Waals surface area (Å²) >= 11 is 0. The Labute approximate surface area is 147 Å². The van der Waals surface area contributed by atoms with E-state index in [0.717, 1.165) is 11.1 Å². The van der Waals surface area contributed by atoms with Crippen LogP contribution in [0.1, 0.15) is 23.0 Å². The molecule has 0 bridgehead atoms. The highest BCUT2D eigenvalue weighted by molar-refractivity contribution is 6.04. The summed E-state index contributed by atoms with van der Waals surface area (Å²) in [4.78, 5) is 12.7. The number of para-hydroxylation sites is 1. The Morgan fingerprint density at radius 2 is 1.72 bits per heavy atom. The molecule has 0 aliphatic heterocycles. The van der Waals surface area contributed by atoms with Gasteiger partial charge in [0.15, 0.2) is 0 Å². The van der Waals surface area contributed by atoms with Gasteiger partial charge in [-0.25, -0.2) is 4.79 Å². The minimum absolute atomic E-state index is 0.294. The van der Waals surface area contributed by atoms with E-state index in [0.29, 0.717) is 35.0 Å². The lowest BCUT2D eigenvalue weighted by molar-refractivity contribution is 0.0527. The van der Waals surface area contributed by atoms with Crippen molar-refractivity contribution in [3.05, 3.63) is 65.9 Å². The number of aryl methyl sites for hydroxylation is 1. The first kappa shape index (κ1) is 16.8. The summed E-state index contributed by atoms with van der Waals surface area (Å²) in [5, 5.41) is 0. The highest BCUT2D eigenvalue weighted by Gasteiger charge is 2.28. The van der Waals surface area contributed by atoms with Gasteiger partial charge in [-0.15, -0.1) is 0 Å². The third kappa shape index (κ3) is 3.15. The predicted molar refractivity (Wildman–Crippen MR) is 96.8 cm³/mol. The molecule has 0 saturated carbocycles. The van der Waals surface area contributed by atoms with Crippen LogP contribution < -0.4 is 4.74 Å². The molecular formula is C21H20O4. The number of ether oxygens (including phenoxy) is 2. The van der Waals surface area contributed by atoms with E-state index in [9.17, 15) is 4.79 Å². The number of hydrogen-bond acceptors (Lipinski definition) is 4. The minimum Gasteiger partial charge on any atom is -0.496 e. The molecule has 0 N–H and O–H groups in total. The molecule has 128 valence electrons. The number of carbonyl (C=O) groups is 1. The highest BCUT2D eigenvalue weighted by Crippen LogP contribution is 2.41. The van der Waals surface area contributed by atoms with Gasteiger partial charge >= 0.3 is 5.97 Å². The summed E-state index contributed by atoms with van der Waals surface area (Å²) in [7, 11) is 1.61. The second-order valence-corrected chi connectivity index (χ2v) is 5.52. The maximum atomic E-state index is 12.7. The maximum Gasteiger partial charge on any atom is 0.342 e. The molecule has 3 aromatic rings. The van der Waals surface area contributed by atoms with Gasteiger partial charge in [0.1, 0.15) is 22.8 Å². The quantitative estimate of drug-likeness (QED) is 0.608. The second kappa shape index (κ2) is 7.26. The summed E-state index contributed by atoms with van der Waals surface area (Å²) in [6, 6.07) is 17.1. The van der Waals surface area contributed by atoms with Crippen molar-refractivity contribution >= 4 is 5.97 Å². The number of hydrogen-bond donors (Lipinski definition) is 0. The van der Waals surface area contributed by atoms with Gasteiger partial charge < -0.3 is 13.9 Å². The van der Waals surface area contributed by atoms with Crippen molar-refractivity contribution in [3.8, 4) is 28.2 Å². The Balaban J connectivity index is 2.28. The van der Waals surface area contributed by atoms with Gasteiger partial charge in [0.05, 0.1) is 13.7 Å². The van der Waals surface area contributed by atoms with Crippen molar-refractivity contribution in [2.45, 2.75) is 13.8 Å². The molecule has 0 radical (unpaired) electrons.